The van der Waals surface area contributed by atoms with E-state index in [0.29, 0.717) is 11.4 Å². The van der Waals surface area contributed by atoms with Gasteiger partial charge in [-0.05, 0) is 58.2 Å². The number of rotatable bonds is 3. The molecule has 1 aromatic carbocycles. The molecule has 1 heterocycles. The molecule has 5 heteroatoms. The van der Waals surface area contributed by atoms with Gasteiger partial charge in [0.15, 0.2) is 0 Å². The summed E-state index contributed by atoms with van der Waals surface area (Å²) in [5.41, 5.74) is 6.81. The number of hydrogen-bond acceptors (Lipinski definition) is 2. The smallest absolute Gasteiger partial charge is 0.123 e. The van der Waals surface area contributed by atoms with E-state index in [1.54, 1.807) is 17.4 Å². The molecule has 0 saturated heterocycles. The molecule has 2 N–H and O–H groups in total. The first kappa shape index (κ1) is 13.0. The Kier molecular flexibility index (Phi) is 4.20. The number of benzene rings is 1. The Hall–Kier alpha value is -0.420. The molecular weight excluding hydrogens is 325 g/mol. The Balaban J connectivity index is 2.18. The van der Waals surface area contributed by atoms with Crippen molar-refractivity contribution < 1.29 is 4.39 Å². The van der Waals surface area contributed by atoms with Crippen molar-refractivity contribution in [2.24, 2.45) is 5.73 Å². The number of halogens is 3. The summed E-state index contributed by atoms with van der Waals surface area (Å²) in [4.78, 5) is 1.05. The highest BCUT2D eigenvalue weighted by Crippen LogP contribution is 2.29. The van der Waals surface area contributed by atoms with Crippen LogP contribution in [0, 0.1) is 5.82 Å². The third-order valence-corrected chi connectivity index (χ3v) is 4.53. The van der Waals surface area contributed by atoms with E-state index >= 15 is 0 Å². The van der Waals surface area contributed by atoms with Gasteiger partial charge in [0.25, 0.3) is 0 Å². The van der Waals surface area contributed by atoms with Crippen LogP contribution in [0.2, 0.25) is 5.02 Å². The molecule has 0 aliphatic rings. The second-order valence-electron chi connectivity index (χ2n) is 3.69. The minimum absolute atomic E-state index is 0.161. The monoisotopic (exact) mass is 333 g/mol. The third-order valence-electron chi connectivity index (χ3n) is 2.41. The molecular formula is C12H10BrClFNS. The van der Waals surface area contributed by atoms with Crippen LogP contribution >= 0.6 is 38.9 Å². The van der Waals surface area contributed by atoms with Gasteiger partial charge in [-0.1, -0.05) is 11.6 Å². The maximum Gasteiger partial charge on any atom is 0.123 e. The molecule has 2 aromatic rings. The van der Waals surface area contributed by atoms with Gasteiger partial charge in [-0.15, -0.1) is 11.3 Å². The van der Waals surface area contributed by atoms with Gasteiger partial charge in [-0.2, -0.15) is 0 Å². The summed E-state index contributed by atoms with van der Waals surface area (Å²) in [6, 6.07) is 8.10. The highest BCUT2D eigenvalue weighted by atomic mass is 79.9. The molecule has 0 aliphatic carbocycles. The molecule has 0 radical (unpaired) electrons. The lowest BCUT2D eigenvalue weighted by molar-refractivity contribution is 0.622. The Morgan fingerprint density at radius 2 is 2.12 bits per heavy atom. The predicted octanol–water partition coefficient (Wildman–Crippen LogP) is 4.55. The van der Waals surface area contributed by atoms with E-state index in [0.717, 1.165) is 14.2 Å². The maximum atomic E-state index is 13.1. The molecule has 0 spiro atoms. The van der Waals surface area contributed by atoms with Gasteiger partial charge in [0.05, 0.1) is 3.79 Å². The quantitative estimate of drug-likeness (QED) is 0.876. The highest BCUT2D eigenvalue weighted by molar-refractivity contribution is 9.11. The van der Waals surface area contributed by atoms with Gasteiger partial charge in [0.1, 0.15) is 5.82 Å². The van der Waals surface area contributed by atoms with Crippen LogP contribution in [0.15, 0.2) is 34.1 Å². The van der Waals surface area contributed by atoms with Crippen molar-refractivity contribution in [2.75, 3.05) is 0 Å². The summed E-state index contributed by atoms with van der Waals surface area (Å²) >= 11 is 11.0. The molecule has 0 fully saturated rings. The fraction of sp³-hybridized carbons (Fsp3) is 0.167. The zero-order valence-corrected chi connectivity index (χ0v) is 11.9. The number of hydrogen-bond donors (Lipinski definition) is 1. The van der Waals surface area contributed by atoms with Gasteiger partial charge < -0.3 is 5.73 Å². The molecule has 2 rings (SSSR count). The van der Waals surface area contributed by atoms with Crippen molar-refractivity contribution in [3.8, 4) is 0 Å². The van der Waals surface area contributed by atoms with Crippen molar-refractivity contribution in [1.29, 1.82) is 0 Å². The zero-order chi connectivity index (χ0) is 12.4. The Morgan fingerprint density at radius 1 is 1.35 bits per heavy atom. The van der Waals surface area contributed by atoms with E-state index in [2.05, 4.69) is 15.9 Å². The van der Waals surface area contributed by atoms with Crippen LogP contribution < -0.4 is 5.73 Å². The largest absolute Gasteiger partial charge is 0.323 e. The van der Waals surface area contributed by atoms with E-state index in [4.69, 9.17) is 17.3 Å². The van der Waals surface area contributed by atoms with Crippen LogP contribution in [0.5, 0.6) is 0 Å². The van der Waals surface area contributed by atoms with Crippen molar-refractivity contribution in [3.63, 3.8) is 0 Å². The molecule has 1 unspecified atom stereocenters. The predicted molar refractivity (Wildman–Crippen MR) is 74.1 cm³/mol. The van der Waals surface area contributed by atoms with Gasteiger partial charge in [0, 0.05) is 15.9 Å². The van der Waals surface area contributed by atoms with Crippen molar-refractivity contribution in [3.05, 3.63) is 55.4 Å². The third kappa shape index (κ3) is 3.28. The molecule has 90 valence electrons. The number of nitrogens with two attached hydrogens (primary N) is 1. The summed E-state index contributed by atoms with van der Waals surface area (Å²) in [5.74, 6) is -0.288. The molecule has 0 saturated carbocycles. The summed E-state index contributed by atoms with van der Waals surface area (Å²) in [7, 11) is 0. The SMILES string of the molecule is NC(Cc1cc(F)ccc1Cl)c1ccc(Br)s1. The minimum Gasteiger partial charge on any atom is -0.323 e. The second kappa shape index (κ2) is 5.48. The van der Waals surface area contributed by atoms with Crippen molar-refractivity contribution in [1.82, 2.24) is 0 Å². The van der Waals surface area contributed by atoms with E-state index < -0.39 is 0 Å². The van der Waals surface area contributed by atoms with Gasteiger partial charge in [-0.25, -0.2) is 4.39 Å². The lowest BCUT2D eigenvalue weighted by atomic mass is 10.1. The molecule has 0 amide bonds. The zero-order valence-electron chi connectivity index (χ0n) is 8.79. The van der Waals surface area contributed by atoms with E-state index in [1.807, 2.05) is 12.1 Å². The molecule has 17 heavy (non-hydrogen) atoms. The Bertz CT molecular complexity index is 529. The molecule has 1 atom stereocenters. The maximum absolute atomic E-state index is 13.1. The molecule has 0 bridgehead atoms. The average Bonchev–Trinajstić information content (AvgIpc) is 2.70. The van der Waals surface area contributed by atoms with E-state index in [1.165, 1.54) is 12.1 Å². The fourth-order valence-electron chi connectivity index (χ4n) is 1.56. The molecule has 1 aromatic heterocycles. The average molecular weight is 335 g/mol. The summed E-state index contributed by atoms with van der Waals surface area (Å²) in [6.45, 7) is 0. The van der Waals surface area contributed by atoms with E-state index in [-0.39, 0.29) is 11.9 Å². The van der Waals surface area contributed by atoms with Crippen LogP contribution in [0.4, 0.5) is 4.39 Å². The summed E-state index contributed by atoms with van der Waals surface area (Å²) < 4.78 is 14.1. The highest BCUT2D eigenvalue weighted by Gasteiger charge is 2.12. The molecule has 0 aliphatic heterocycles. The summed E-state index contributed by atoms with van der Waals surface area (Å²) in [5, 5.41) is 0.553. The van der Waals surface area contributed by atoms with Crippen LogP contribution in [-0.2, 0) is 6.42 Å². The topological polar surface area (TPSA) is 26.0 Å². The second-order valence-corrected chi connectivity index (χ2v) is 6.59. The first-order valence-electron chi connectivity index (χ1n) is 5.01. The minimum atomic E-state index is -0.288. The number of thiophene rings is 1. The van der Waals surface area contributed by atoms with Gasteiger partial charge in [-0.3, -0.25) is 0 Å². The standard InChI is InChI=1S/C12H10BrClFNS/c13-12-4-3-11(17-12)10(16)6-7-5-8(15)1-2-9(7)14/h1-5,10H,6,16H2. The van der Waals surface area contributed by atoms with Crippen LogP contribution in [0.1, 0.15) is 16.5 Å². The lowest BCUT2D eigenvalue weighted by Gasteiger charge is -2.11. The van der Waals surface area contributed by atoms with Crippen molar-refractivity contribution in [2.45, 2.75) is 12.5 Å². The lowest BCUT2D eigenvalue weighted by Crippen LogP contribution is -2.12. The van der Waals surface area contributed by atoms with Crippen LogP contribution in [0.3, 0.4) is 0 Å². The summed E-state index contributed by atoms with van der Waals surface area (Å²) in [6.07, 6.45) is 0.531. The first-order chi connectivity index (χ1) is 8.06. The Morgan fingerprint density at radius 3 is 2.76 bits per heavy atom. The first-order valence-corrected chi connectivity index (χ1v) is 7.00. The molecule has 1 nitrogen and oxygen atoms in total. The Labute approximate surface area is 117 Å². The van der Waals surface area contributed by atoms with Crippen LogP contribution in [0.25, 0.3) is 0 Å². The van der Waals surface area contributed by atoms with Gasteiger partial charge in [0.2, 0.25) is 0 Å². The van der Waals surface area contributed by atoms with Gasteiger partial charge >= 0.3 is 0 Å². The normalized spacial score (nSPS) is 12.7. The van der Waals surface area contributed by atoms with E-state index in [9.17, 15) is 4.39 Å². The fourth-order valence-corrected chi connectivity index (χ4v) is 3.18. The van der Waals surface area contributed by atoms with Crippen LogP contribution in [-0.4, -0.2) is 0 Å². The van der Waals surface area contributed by atoms with Crippen molar-refractivity contribution >= 4 is 38.9 Å².